The lowest BCUT2D eigenvalue weighted by molar-refractivity contribution is 0.0602. The molecule has 21 heavy (non-hydrogen) atoms. The number of ether oxygens (including phenoxy) is 2. The molecule has 0 radical (unpaired) electrons. The monoisotopic (exact) mass is 309 g/mol. The van der Waals surface area contributed by atoms with Crippen molar-refractivity contribution in [3.05, 3.63) is 10.4 Å². The van der Waals surface area contributed by atoms with Crippen LogP contribution < -0.4 is 10.6 Å². The number of likely N-dealkylation sites (N-methyl/N-ethyl adjacent to an activating group) is 1. The van der Waals surface area contributed by atoms with E-state index < -0.39 is 5.97 Å². The summed E-state index contributed by atoms with van der Waals surface area (Å²) in [6.45, 7) is 4.17. The molecule has 6 nitrogen and oxygen atoms in total. The second-order valence-corrected chi connectivity index (χ2v) is 5.80. The predicted octanol–water partition coefficient (Wildman–Crippen LogP) is 1.99. The number of esters is 1. The van der Waals surface area contributed by atoms with E-state index in [-0.39, 0.29) is 11.8 Å². The van der Waals surface area contributed by atoms with Crippen molar-refractivity contribution in [1.82, 2.24) is 0 Å². The third-order valence-corrected chi connectivity index (χ3v) is 4.71. The Bertz CT molecular complexity index is 559. The first-order chi connectivity index (χ1) is 10.1. The van der Waals surface area contributed by atoms with Gasteiger partial charge in [0.2, 0.25) is 0 Å². The number of nitrogen functional groups attached to an aromatic ring is 1. The van der Waals surface area contributed by atoms with Crippen LogP contribution in [0, 0.1) is 11.3 Å². The molecule has 0 spiro atoms. The number of carbonyl (C=O) groups excluding carboxylic acids is 1. The van der Waals surface area contributed by atoms with E-state index in [0.29, 0.717) is 28.5 Å². The number of hydrogen-bond donors (Lipinski definition) is 1. The highest BCUT2D eigenvalue weighted by Gasteiger charge is 2.28. The molecule has 2 heterocycles. The van der Waals surface area contributed by atoms with E-state index in [2.05, 4.69) is 0 Å². The molecule has 0 aromatic carbocycles. The lowest BCUT2D eigenvalue weighted by Crippen LogP contribution is -2.32. The molecular weight excluding hydrogens is 290 g/mol. The summed E-state index contributed by atoms with van der Waals surface area (Å²) < 4.78 is 10.4. The number of nitrogens with zero attached hydrogens (tertiary/aromatic N) is 2. The summed E-state index contributed by atoms with van der Waals surface area (Å²) in [5.74, 6) is -0.508. The minimum absolute atomic E-state index is 0.157. The van der Waals surface area contributed by atoms with Crippen LogP contribution in [-0.2, 0) is 9.47 Å². The number of hydrogen-bond acceptors (Lipinski definition) is 7. The van der Waals surface area contributed by atoms with Gasteiger partial charge >= 0.3 is 5.97 Å². The molecule has 0 aliphatic carbocycles. The van der Waals surface area contributed by atoms with Crippen molar-refractivity contribution >= 4 is 28.0 Å². The zero-order valence-electron chi connectivity index (χ0n) is 12.2. The van der Waals surface area contributed by atoms with Gasteiger partial charge in [-0.15, -0.1) is 11.3 Å². The minimum Gasteiger partial charge on any atom is -0.465 e. The molecule has 0 saturated carbocycles. The number of nitrogens with two attached hydrogens (primary N) is 1. The lowest BCUT2D eigenvalue weighted by atomic mass is 10.2. The summed E-state index contributed by atoms with van der Waals surface area (Å²) in [5, 5.41) is 9.82. The van der Waals surface area contributed by atoms with Gasteiger partial charge in [0, 0.05) is 19.7 Å². The Balaban J connectivity index is 2.35. The summed E-state index contributed by atoms with van der Waals surface area (Å²) in [4.78, 5) is 14.4. The molecule has 1 saturated heterocycles. The second-order valence-electron chi connectivity index (χ2n) is 4.80. The number of anilines is 2. The van der Waals surface area contributed by atoms with Crippen molar-refractivity contribution in [3.8, 4) is 6.07 Å². The number of methoxy groups -OCH3 is 1. The van der Waals surface area contributed by atoms with Crippen molar-refractivity contribution in [3.63, 3.8) is 0 Å². The number of carbonyl (C=O) groups is 1. The van der Waals surface area contributed by atoms with Crippen LogP contribution in [0.25, 0.3) is 0 Å². The maximum absolute atomic E-state index is 12.0. The highest BCUT2D eigenvalue weighted by atomic mass is 32.1. The van der Waals surface area contributed by atoms with Crippen molar-refractivity contribution in [1.29, 1.82) is 5.26 Å². The van der Waals surface area contributed by atoms with Gasteiger partial charge < -0.3 is 20.1 Å². The second kappa shape index (κ2) is 6.78. The molecule has 0 bridgehead atoms. The highest BCUT2D eigenvalue weighted by molar-refractivity contribution is 7.17. The molecule has 1 unspecified atom stereocenters. The molecular formula is C14H19N3O3S. The normalized spacial score (nSPS) is 17.5. The number of thiophene rings is 1. The van der Waals surface area contributed by atoms with Crippen molar-refractivity contribution in [2.45, 2.75) is 25.9 Å². The SMILES string of the molecule is CCN(CC1CCCO1)c1sc(C#N)c(N)c1C(=O)OC. The Morgan fingerprint density at radius 3 is 2.95 bits per heavy atom. The molecule has 1 fully saturated rings. The van der Waals surface area contributed by atoms with Gasteiger partial charge in [0.05, 0.1) is 18.9 Å². The van der Waals surface area contributed by atoms with Gasteiger partial charge in [-0.05, 0) is 19.8 Å². The molecule has 1 aromatic rings. The Kier molecular flexibility index (Phi) is 5.04. The summed E-state index contributed by atoms with van der Waals surface area (Å²) in [7, 11) is 1.31. The van der Waals surface area contributed by atoms with E-state index in [0.717, 1.165) is 19.4 Å². The molecule has 0 amide bonds. The predicted molar refractivity (Wildman–Crippen MR) is 81.6 cm³/mol. The summed E-state index contributed by atoms with van der Waals surface area (Å²) in [6, 6.07) is 2.04. The Morgan fingerprint density at radius 2 is 2.43 bits per heavy atom. The third kappa shape index (κ3) is 3.12. The van der Waals surface area contributed by atoms with Crippen molar-refractivity contribution < 1.29 is 14.3 Å². The molecule has 1 aliphatic heterocycles. The smallest absolute Gasteiger partial charge is 0.343 e. The molecule has 114 valence electrons. The zero-order valence-corrected chi connectivity index (χ0v) is 13.0. The Hall–Kier alpha value is -1.78. The minimum atomic E-state index is -0.508. The fraction of sp³-hybridized carbons (Fsp3) is 0.571. The molecule has 7 heteroatoms. The van der Waals surface area contributed by atoms with E-state index in [1.807, 2.05) is 17.9 Å². The summed E-state index contributed by atoms with van der Waals surface area (Å²) >= 11 is 1.23. The van der Waals surface area contributed by atoms with Gasteiger partial charge in [-0.2, -0.15) is 5.26 Å². The average Bonchev–Trinajstić information content (AvgIpc) is 3.11. The third-order valence-electron chi connectivity index (χ3n) is 3.53. The molecule has 1 atom stereocenters. The molecule has 1 aliphatic rings. The molecule has 2 rings (SSSR count). The van der Waals surface area contributed by atoms with Crippen LogP contribution >= 0.6 is 11.3 Å². The van der Waals surface area contributed by atoms with Gasteiger partial charge in [-0.25, -0.2) is 4.79 Å². The average molecular weight is 309 g/mol. The first-order valence-corrected chi connectivity index (χ1v) is 7.71. The Labute approximate surface area is 128 Å². The lowest BCUT2D eigenvalue weighted by Gasteiger charge is -2.25. The van der Waals surface area contributed by atoms with E-state index in [9.17, 15) is 4.79 Å². The van der Waals surface area contributed by atoms with Crippen LogP contribution in [0.3, 0.4) is 0 Å². The fourth-order valence-electron chi connectivity index (χ4n) is 2.43. The number of nitriles is 1. The van der Waals surface area contributed by atoms with Gasteiger partial charge in [0.15, 0.2) is 0 Å². The summed E-state index contributed by atoms with van der Waals surface area (Å²) in [5.41, 5.74) is 6.42. The van der Waals surface area contributed by atoms with Gasteiger partial charge in [0.25, 0.3) is 0 Å². The van der Waals surface area contributed by atoms with Crippen LogP contribution in [0.15, 0.2) is 0 Å². The first kappa shape index (κ1) is 15.6. The van der Waals surface area contributed by atoms with Gasteiger partial charge in [-0.3, -0.25) is 0 Å². The molecule has 1 aromatic heterocycles. The number of rotatable bonds is 5. The zero-order chi connectivity index (χ0) is 15.4. The van der Waals surface area contributed by atoms with E-state index in [1.165, 1.54) is 18.4 Å². The topological polar surface area (TPSA) is 88.6 Å². The van der Waals surface area contributed by atoms with Gasteiger partial charge in [-0.1, -0.05) is 0 Å². The highest BCUT2D eigenvalue weighted by Crippen LogP contribution is 2.38. The van der Waals surface area contributed by atoms with Crippen LogP contribution in [0.4, 0.5) is 10.7 Å². The van der Waals surface area contributed by atoms with Crippen LogP contribution in [0.5, 0.6) is 0 Å². The van der Waals surface area contributed by atoms with Crippen LogP contribution in [0.1, 0.15) is 35.0 Å². The maximum atomic E-state index is 12.0. The van der Waals surface area contributed by atoms with Crippen LogP contribution in [-0.4, -0.2) is 38.9 Å². The summed E-state index contributed by atoms with van der Waals surface area (Å²) in [6.07, 6.45) is 2.22. The van der Waals surface area contributed by atoms with Crippen molar-refractivity contribution in [2.24, 2.45) is 0 Å². The largest absolute Gasteiger partial charge is 0.465 e. The Morgan fingerprint density at radius 1 is 1.67 bits per heavy atom. The van der Waals surface area contributed by atoms with E-state index >= 15 is 0 Å². The fourth-order valence-corrected chi connectivity index (χ4v) is 3.51. The quantitative estimate of drug-likeness (QED) is 0.837. The van der Waals surface area contributed by atoms with Crippen molar-refractivity contribution in [2.75, 3.05) is 37.4 Å². The van der Waals surface area contributed by atoms with Gasteiger partial charge in [0.1, 0.15) is 21.5 Å². The van der Waals surface area contributed by atoms with Crippen LogP contribution in [0.2, 0.25) is 0 Å². The standard InChI is InChI=1S/C14H19N3O3S/c1-3-17(8-9-5-4-6-20-9)13-11(14(18)19-2)12(16)10(7-15)21-13/h9H,3-6,8,16H2,1-2H3. The first-order valence-electron chi connectivity index (χ1n) is 6.89. The maximum Gasteiger partial charge on any atom is 0.343 e. The van der Waals surface area contributed by atoms with E-state index in [4.69, 9.17) is 20.5 Å². The van der Waals surface area contributed by atoms with E-state index in [1.54, 1.807) is 0 Å². The molecule has 2 N–H and O–H groups in total.